The summed E-state index contributed by atoms with van der Waals surface area (Å²) in [4.78, 5) is 16.8. The van der Waals surface area contributed by atoms with Crippen molar-refractivity contribution in [2.75, 3.05) is 32.7 Å². The highest BCUT2D eigenvalue weighted by Crippen LogP contribution is 2.29. The third-order valence-electron chi connectivity index (χ3n) is 5.49. The van der Waals surface area contributed by atoms with Crippen molar-refractivity contribution in [2.45, 2.75) is 65.3 Å². The summed E-state index contributed by atoms with van der Waals surface area (Å²) >= 11 is 0. The van der Waals surface area contributed by atoms with Gasteiger partial charge in [-0.1, -0.05) is 50.5 Å². The number of hydrogen-bond acceptors (Lipinski definition) is 3. The van der Waals surface area contributed by atoms with Crippen LogP contribution in [-0.4, -0.2) is 48.3 Å². The van der Waals surface area contributed by atoms with Crippen molar-refractivity contribution in [2.24, 2.45) is 0 Å². The summed E-state index contributed by atoms with van der Waals surface area (Å²) in [5, 5.41) is 0. The molecule has 25 heavy (non-hydrogen) atoms. The van der Waals surface area contributed by atoms with Gasteiger partial charge in [0, 0.05) is 38.6 Å². The summed E-state index contributed by atoms with van der Waals surface area (Å²) in [6, 6.07) is 9.06. The molecule has 1 fully saturated rings. The fraction of sp³-hybridized carbons (Fsp3) is 0.682. The molecule has 0 aliphatic carbocycles. The lowest BCUT2D eigenvalue weighted by Crippen LogP contribution is -2.48. The SMILES string of the molecule is CCCCCCN1CCN(C(CCC(C)=O)c2ccccc2C)CC1. The number of rotatable bonds is 10. The lowest BCUT2D eigenvalue weighted by molar-refractivity contribution is -0.117. The Morgan fingerprint density at radius 3 is 2.44 bits per heavy atom. The fourth-order valence-electron chi connectivity index (χ4n) is 3.90. The molecular weight excluding hydrogens is 308 g/mol. The minimum atomic E-state index is 0.299. The standard InChI is InChI=1S/C22H36N2O/c1-4-5-6-9-14-23-15-17-24(18-16-23)22(13-12-20(3)25)21-11-8-7-10-19(21)2/h7-8,10-11,22H,4-6,9,12-18H2,1-3H3. The Kier molecular flexibility index (Phi) is 8.63. The molecule has 0 radical (unpaired) electrons. The predicted molar refractivity (Wildman–Crippen MR) is 106 cm³/mol. The molecule has 1 aromatic carbocycles. The minimum Gasteiger partial charge on any atom is -0.301 e. The van der Waals surface area contributed by atoms with Gasteiger partial charge in [-0.2, -0.15) is 0 Å². The van der Waals surface area contributed by atoms with Gasteiger partial charge in [0.25, 0.3) is 0 Å². The van der Waals surface area contributed by atoms with Crippen molar-refractivity contribution in [1.82, 2.24) is 9.80 Å². The van der Waals surface area contributed by atoms with Crippen LogP contribution in [0.2, 0.25) is 0 Å². The molecule has 140 valence electrons. The van der Waals surface area contributed by atoms with Crippen molar-refractivity contribution in [3.05, 3.63) is 35.4 Å². The van der Waals surface area contributed by atoms with E-state index >= 15 is 0 Å². The lowest BCUT2D eigenvalue weighted by Gasteiger charge is -2.40. The molecule has 0 saturated carbocycles. The number of carbonyl (C=O) groups is 1. The Balaban J connectivity index is 1.93. The maximum absolute atomic E-state index is 11.5. The third kappa shape index (κ3) is 6.56. The molecule has 0 bridgehead atoms. The summed E-state index contributed by atoms with van der Waals surface area (Å²) in [5.74, 6) is 0.299. The summed E-state index contributed by atoms with van der Waals surface area (Å²) in [5.41, 5.74) is 2.75. The van der Waals surface area contributed by atoms with Crippen LogP contribution in [-0.2, 0) is 4.79 Å². The van der Waals surface area contributed by atoms with E-state index in [0.717, 1.165) is 32.6 Å². The van der Waals surface area contributed by atoms with Crippen LogP contribution in [0.15, 0.2) is 24.3 Å². The quantitative estimate of drug-likeness (QED) is 0.579. The van der Waals surface area contributed by atoms with E-state index in [1.807, 2.05) is 0 Å². The molecular formula is C22H36N2O. The number of ketones is 1. The molecule has 0 N–H and O–H groups in total. The van der Waals surface area contributed by atoms with E-state index in [9.17, 15) is 4.79 Å². The van der Waals surface area contributed by atoms with E-state index in [1.54, 1.807) is 6.92 Å². The Morgan fingerprint density at radius 2 is 1.80 bits per heavy atom. The third-order valence-corrected chi connectivity index (χ3v) is 5.49. The molecule has 1 heterocycles. The summed E-state index contributed by atoms with van der Waals surface area (Å²) < 4.78 is 0. The Hall–Kier alpha value is -1.19. The second-order valence-electron chi connectivity index (χ2n) is 7.55. The zero-order valence-electron chi connectivity index (χ0n) is 16.5. The van der Waals surface area contributed by atoms with E-state index in [-0.39, 0.29) is 0 Å². The molecule has 1 atom stereocenters. The second-order valence-corrected chi connectivity index (χ2v) is 7.55. The first-order valence-corrected chi connectivity index (χ1v) is 10.1. The molecule has 1 unspecified atom stereocenters. The molecule has 1 saturated heterocycles. The average Bonchev–Trinajstić information content (AvgIpc) is 2.61. The lowest BCUT2D eigenvalue weighted by atomic mass is 9.94. The number of carbonyl (C=O) groups excluding carboxylic acids is 1. The molecule has 3 nitrogen and oxygen atoms in total. The summed E-state index contributed by atoms with van der Waals surface area (Å²) in [6.45, 7) is 12.0. The van der Waals surface area contributed by atoms with Gasteiger partial charge in [0.1, 0.15) is 5.78 Å². The number of nitrogens with zero attached hydrogens (tertiary/aromatic N) is 2. The fourth-order valence-corrected chi connectivity index (χ4v) is 3.90. The van der Waals surface area contributed by atoms with Crippen molar-refractivity contribution >= 4 is 5.78 Å². The van der Waals surface area contributed by atoms with Gasteiger partial charge < -0.3 is 9.69 Å². The van der Waals surface area contributed by atoms with Crippen molar-refractivity contribution in [1.29, 1.82) is 0 Å². The maximum atomic E-state index is 11.5. The first kappa shape index (κ1) is 20.1. The normalized spacial score (nSPS) is 17.6. The number of hydrogen-bond donors (Lipinski definition) is 0. The van der Waals surface area contributed by atoms with Crippen LogP contribution in [0.4, 0.5) is 0 Å². The predicted octanol–water partition coefficient (Wildman–Crippen LogP) is 4.60. The minimum absolute atomic E-state index is 0.299. The molecule has 3 heteroatoms. The zero-order valence-corrected chi connectivity index (χ0v) is 16.5. The van der Waals surface area contributed by atoms with E-state index in [4.69, 9.17) is 0 Å². The van der Waals surface area contributed by atoms with Crippen molar-refractivity contribution in [3.8, 4) is 0 Å². The van der Waals surface area contributed by atoms with E-state index in [1.165, 1.54) is 43.4 Å². The largest absolute Gasteiger partial charge is 0.301 e. The molecule has 2 rings (SSSR count). The van der Waals surface area contributed by atoms with Crippen LogP contribution >= 0.6 is 0 Å². The van der Waals surface area contributed by atoms with Gasteiger partial charge in [0.05, 0.1) is 0 Å². The Labute approximate surface area is 154 Å². The van der Waals surface area contributed by atoms with Crippen LogP contribution in [0.3, 0.4) is 0 Å². The van der Waals surface area contributed by atoms with Gasteiger partial charge in [0.15, 0.2) is 0 Å². The van der Waals surface area contributed by atoms with Gasteiger partial charge in [-0.05, 0) is 44.4 Å². The van der Waals surface area contributed by atoms with E-state index in [0.29, 0.717) is 18.2 Å². The first-order chi connectivity index (χ1) is 12.1. The van der Waals surface area contributed by atoms with Gasteiger partial charge in [-0.3, -0.25) is 4.90 Å². The molecule has 1 aliphatic heterocycles. The zero-order chi connectivity index (χ0) is 18.1. The molecule has 1 aromatic rings. The van der Waals surface area contributed by atoms with Crippen LogP contribution in [0.1, 0.15) is 69.5 Å². The number of aryl methyl sites for hydroxylation is 1. The monoisotopic (exact) mass is 344 g/mol. The number of Topliss-reactive ketones (excluding diaryl/α,β-unsaturated/α-hetero) is 1. The Bertz CT molecular complexity index is 521. The highest BCUT2D eigenvalue weighted by molar-refractivity contribution is 5.75. The van der Waals surface area contributed by atoms with Crippen LogP contribution in [0, 0.1) is 6.92 Å². The molecule has 0 amide bonds. The van der Waals surface area contributed by atoms with E-state index < -0.39 is 0 Å². The van der Waals surface area contributed by atoms with Gasteiger partial charge in [0.2, 0.25) is 0 Å². The summed E-state index contributed by atoms with van der Waals surface area (Å²) in [6.07, 6.45) is 6.98. The van der Waals surface area contributed by atoms with E-state index in [2.05, 4.69) is 47.9 Å². The van der Waals surface area contributed by atoms with Gasteiger partial charge in [-0.15, -0.1) is 0 Å². The molecule has 0 spiro atoms. The van der Waals surface area contributed by atoms with Crippen LogP contribution in [0.5, 0.6) is 0 Å². The molecule has 1 aliphatic rings. The number of piperazine rings is 1. The van der Waals surface area contributed by atoms with Crippen LogP contribution in [0.25, 0.3) is 0 Å². The Morgan fingerprint density at radius 1 is 1.08 bits per heavy atom. The van der Waals surface area contributed by atoms with Gasteiger partial charge >= 0.3 is 0 Å². The van der Waals surface area contributed by atoms with Crippen molar-refractivity contribution in [3.63, 3.8) is 0 Å². The highest BCUT2D eigenvalue weighted by Gasteiger charge is 2.25. The topological polar surface area (TPSA) is 23.6 Å². The second kappa shape index (κ2) is 10.7. The summed E-state index contributed by atoms with van der Waals surface area (Å²) in [7, 11) is 0. The van der Waals surface area contributed by atoms with Crippen molar-refractivity contribution < 1.29 is 4.79 Å². The number of benzene rings is 1. The average molecular weight is 345 g/mol. The molecule has 0 aromatic heterocycles. The number of unbranched alkanes of at least 4 members (excludes halogenated alkanes) is 3. The maximum Gasteiger partial charge on any atom is 0.129 e. The highest BCUT2D eigenvalue weighted by atomic mass is 16.1. The first-order valence-electron chi connectivity index (χ1n) is 10.1. The smallest absolute Gasteiger partial charge is 0.129 e. The van der Waals surface area contributed by atoms with Crippen LogP contribution < -0.4 is 0 Å². The van der Waals surface area contributed by atoms with Gasteiger partial charge in [-0.25, -0.2) is 0 Å².